The second kappa shape index (κ2) is 6.93. The van der Waals surface area contributed by atoms with Crippen LogP contribution in [0.25, 0.3) is 0 Å². The van der Waals surface area contributed by atoms with Crippen molar-refractivity contribution in [2.24, 2.45) is 0 Å². The molecule has 0 amide bonds. The number of ketones is 1. The van der Waals surface area contributed by atoms with Gasteiger partial charge in [-0.1, -0.05) is 24.3 Å². The molecule has 2 aromatic rings. The van der Waals surface area contributed by atoms with Crippen LogP contribution in [0.2, 0.25) is 0 Å². The molecule has 0 atom stereocenters. The maximum absolute atomic E-state index is 11.5. The lowest BCUT2D eigenvalue weighted by Crippen LogP contribution is -2.11. The molecule has 0 saturated carbocycles. The molecule has 0 fully saturated rings. The van der Waals surface area contributed by atoms with Crippen LogP contribution in [-0.2, 0) is 0 Å². The molecule has 21 heavy (non-hydrogen) atoms. The zero-order valence-corrected chi connectivity index (χ0v) is 12.7. The molecule has 0 spiro atoms. The van der Waals surface area contributed by atoms with Crippen LogP contribution in [0.3, 0.4) is 0 Å². The topological polar surface area (TPSA) is 35.5 Å². The molecule has 3 heteroatoms. The number of carbonyl (C=O) groups excluding carboxylic acids is 1. The fourth-order valence-corrected chi connectivity index (χ4v) is 2.07. The molecule has 0 aromatic heterocycles. The smallest absolute Gasteiger partial charge is 0.163 e. The quantitative estimate of drug-likeness (QED) is 0.595. The van der Waals surface area contributed by atoms with Crippen LogP contribution in [0.1, 0.15) is 28.4 Å². The number of rotatable bonds is 6. The maximum atomic E-state index is 11.5. The molecule has 0 saturated heterocycles. The summed E-state index contributed by atoms with van der Waals surface area (Å²) in [5.41, 5.74) is 2.95. The Morgan fingerprint density at radius 2 is 1.52 bits per heavy atom. The minimum Gasteiger partial charge on any atom is -0.490 e. The standard InChI is InChI=1S/C18H20O3/c1-13-7-6-10-17(14(13)2)20-11-12-21-18-9-5-4-8-16(18)15(3)19/h4-10H,11-12H2,1-3H3. The molecule has 110 valence electrons. The molecular weight excluding hydrogens is 264 g/mol. The van der Waals surface area contributed by atoms with Gasteiger partial charge < -0.3 is 9.47 Å². The summed E-state index contributed by atoms with van der Waals surface area (Å²) >= 11 is 0. The van der Waals surface area contributed by atoms with Gasteiger partial charge in [0.2, 0.25) is 0 Å². The van der Waals surface area contributed by atoms with E-state index >= 15 is 0 Å². The highest BCUT2D eigenvalue weighted by atomic mass is 16.5. The first kappa shape index (κ1) is 15.1. The van der Waals surface area contributed by atoms with Crippen LogP contribution in [0.5, 0.6) is 11.5 Å². The maximum Gasteiger partial charge on any atom is 0.163 e. The predicted octanol–water partition coefficient (Wildman–Crippen LogP) is 3.96. The Morgan fingerprint density at radius 3 is 2.24 bits per heavy atom. The van der Waals surface area contributed by atoms with Gasteiger partial charge in [-0.2, -0.15) is 0 Å². The molecule has 0 aliphatic rings. The molecule has 0 aliphatic carbocycles. The van der Waals surface area contributed by atoms with Crippen LogP contribution in [-0.4, -0.2) is 19.0 Å². The van der Waals surface area contributed by atoms with Crippen molar-refractivity contribution in [1.82, 2.24) is 0 Å². The first-order valence-electron chi connectivity index (χ1n) is 7.01. The van der Waals surface area contributed by atoms with Crippen LogP contribution in [0, 0.1) is 13.8 Å². The van der Waals surface area contributed by atoms with Gasteiger partial charge in [0.25, 0.3) is 0 Å². The Bertz CT molecular complexity index is 632. The third kappa shape index (κ3) is 3.85. The predicted molar refractivity (Wildman–Crippen MR) is 83.4 cm³/mol. The van der Waals surface area contributed by atoms with Crippen molar-refractivity contribution in [1.29, 1.82) is 0 Å². The first-order valence-corrected chi connectivity index (χ1v) is 7.01. The van der Waals surface area contributed by atoms with Gasteiger partial charge in [-0.15, -0.1) is 0 Å². The van der Waals surface area contributed by atoms with Gasteiger partial charge in [-0.05, 0) is 50.1 Å². The molecule has 0 heterocycles. The van der Waals surface area contributed by atoms with Crippen LogP contribution < -0.4 is 9.47 Å². The Hall–Kier alpha value is -2.29. The Labute approximate surface area is 125 Å². The van der Waals surface area contributed by atoms with Crippen molar-refractivity contribution in [2.75, 3.05) is 13.2 Å². The number of Topliss-reactive ketones (excluding diaryl/α,β-unsaturated/α-hetero) is 1. The van der Waals surface area contributed by atoms with Gasteiger partial charge >= 0.3 is 0 Å². The largest absolute Gasteiger partial charge is 0.490 e. The third-order valence-electron chi connectivity index (χ3n) is 3.42. The lowest BCUT2D eigenvalue weighted by atomic mass is 10.1. The molecule has 0 bridgehead atoms. The van der Waals surface area contributed by atoms with Gasteiger partial charge in [-0.3, -0.25) is 4.79 Å². The van der Waals surface area contributed by atoms with Gasteiger partial charge in [0.1, 0.15) is 24.7 Å². The van der Waals surface area contributed by atoms with Crippen molar-refractivity contribution < 1.29 is 14.3 Å². The number of para-hydroxylation sites is 1. The van der Waals surface area contributed by atoms with E-state index in [1.54, 1.807) is 12.1 Å². The van der Waals surface area contributed by atoms with E-state index in [-0.39, 0.29) is 5.78 Å². The minimum absolute atomic E-state index is 0.000969. The van der Waals surface area contributed by atoms with Crippen molar-refractivity contribution >= 4 is 5.78 Å². The van der Waals surface area contributed by atoms with Crippen molar-refractivity contribution in [3.8, 4) is 11.5 Å². The summed E-state index contributed by atoms with van der Waals surface area (Å²) < 4.78 is 11.4. The monoisotopic (exact) mass is 284 g/mol. The number of hydrogen-bond acceptors (Lipinski definition) is 3. The highest BCUT2D eigenvalue weighted by molar-refractivity contribution is 5.96. The van der Waals surface area contributed by atoms with E-state index in [9.17, 15) is 4.79 Å². The normalized spacial score (nSPS) is 10.2. The van der Waals surface area contributed by atoms with Crippen molar-refractivity contribution in [3.63, 3.8) is 0 Å². The summed E-state index contributed by atoms with van der Waals surface area (Å²) in [4.78, 5) is 11.5. The van der Waals surface area contributed by atoms with E-state index in [2.05, 4.69) is 13.0 Å². The molecule has 2 rings (SSSR count). The molecule has 3 nitrogen and oxygen atoms in total. The minimum atomic E-state index is 0.000969. The lowest BCUT2D eigenvalue weighted by Gasteiger charge is -2.12. The zero-order chi connectivity index (χ0) is 15.2. The fourth-order valence-electron chi connectivity index (χ4n) is 2.07. The Kier molecular flexibility index (Phi) is 4.99. The van der Waals surface area contributed by atoms with Gasteiger partial charge in [0.05, 0.1) is 5.56 Å². The summed E-state index contributed by atoms with van der Waals surface area (Å²) in [6.07, 6.45) is 0. The Balaban J connectivity index is 1.91. The van der Waals surface area contributed by atoms with Crippen LogP contribution in [0.4, 0.5) is 0 Å². The Morgan fingerprint density at radius 1 is 0.905 bits per heavy atom. The van der Waals surface area contributed by atoms with Gasteiger partial charge in [-0.25, -0.2) is 0 Å². The molecule has 0 aliphatic heterocycles. The fraction of sp³-hybridized carbons (Fsp3) is 0.278. The highest BCUT2D eigenvalue weighted by Crippen LogP contribution is 2.21. The summed E-state index contributed by atoms with van der Waals surface area (Å²) in [5.74, 6) is 1.48. The average molecular weight is 284 g/mol. The molecule has 0 N–H and O–H groups in total. The van der Waals surface area contributed by atoms with Crippen molar-refractivity contribution in [3.05, 3.63) is 59.2 Å². The van der Waals surface area contributed by atoms with E-state index in [0.29, 0.717) is 24.5 Å². The van der Waals surface area contributed by atoms with Gasteiger partial charge in [0, 0.05) is 0 Å². The second-order valence-corrected chi connectivity index (χ2v) is 4.95. The zero-order valence-electron chi connectivity index (χ0n) is 12.7. The lowest BCUT2D eigenvalue weighted by molar-refractivity contribution is 0.101. The SMILES string of the molecule is CC(=O)c1ccccc1OCCOc1cccc(C)c1C. The number of aryl methyl sites for hydroxylation is 1. The van der Waals surface area contributed by atoms with Crippen LogP contribution in [0.15, 0.2) is 42.5 Å². The number of carbonyl (C=O) groups is 1. The summed E-state index contributed by atoms with van der Waals surface area (Å²) in [7, 11) is 0. The molecule has 2 aromatic carbocycles. The summed E-state index contributed by atoms with van der Waals surface area (Å²) in [6.45, 7) is 6.47. The molecule has 0 unspecified atom stereocenters. The molecule has 0 radical (unpaired) electrons. The average Bonchev–Trinajstić information content (AvgIpc) is 2.48. The third-order valence-corrected chi connectivity index (χ3v) is 3.42. The van der Waals surface area contributed by atoms with Crippen LogP contribution >= 0.6 is 0 Å². The van der Waals surface area contributed by atoms with E-state index in [4.69, 9.17) is 9.47 Å². The summed E-state index contributed by atoms with van der Waals surface area (Å²) in [5, 5.41) is 0. The van der Waals surface area contributed by atoms with Crippen molar-refractivity contribution in [2.45, 2.75) is 20.8 Å². The van der Waals surface area contributed by atoms with Gasteiger partial charge in [0.15, 0.2) is 5.78 Å². The first-order chi connectivity index (χ1) is 10.1. The molecular formula is C18H20O3. The highest BCUT2D eigenvalue weighted by Gasteiger charge is 2.07. The number of hydrogen-bond donors (Lipinski definition) is 0. The number of ether oxygens (including phenoxy) is 2. The van der Waals surface area contributed by atoms with E-state index in [1.165, 1.54) is 12.5 Å². The second-order valence-electron chi connectivity index (χ2n) is 4.95. The van der Waals surface area contributed by atoms with E-state index < -0.39 is 0 Å². The van der Waals surface area contributed by atoms with E-state index in [1.807, 2.05) is 31.2 Å². The van der Waals surface area contributed by atoms with E-state index in [0.717, 1.165) is 11.3 Å². The number of benzene rings is 2. The summed E-state index contributed by atoms with van der Waals surface area (Å²) in [6, 6.07) is 13.2.